The molecule has 102 valence electrons. The van der Waals surface area contributed by atoms with Gasteiger partial charge in [-0.25, -0.2) is 4.39 Å². The summed E-state index contributed by atoms with van der Waals surface area (Å²) in [7, 11) is 0. The van der Waals surface area contributed by atoms with Gasteiger partial charge >= 0.3 is 0 Å². The Bertz CT molecular complexity index is 466. The van der Waals surface area contributed by atoms with Gasteiger partial charge in [-0.3, -0.25) is 4.79 Å². The molecule has 3 rings (SSSR count). The van der Waals surface area contributed by atoms with Gasteiger partial charge in [0.05, 0.1) is 0 Å². The first-order valence-electron chi connectivity index (χ1n) is 6.94. The molecule has 3 nitrogen and oxygen atoms in total. The number of amides is 1. The quantitative estimate of drug-likeness (QED) is 0.840. The van der Waals surface area contributed by atoms with Crippen LogP contribution in [-0.4, -0.2) is 37.0 Å². The number of likely N-dealkylation sites (tertiary alicyclic amines) is 1. The zero-order chi connectivity index (χ0) is 13.3. The highest BCUT2D eigenvalue weighted by atomic mass is 19.1. The van der Waals surface area contributed by atoms with Crippen LogP contribution in [0.5, 0.6) is 0 Å². The van der Waals surface area contributed by atoms with E-state index in [9.17, 15) is 9.18 Å². The maximum atomic E-state index is 12.9. The Labute approximate surface area is 112 Å². The lowest BCUT2D eigenvalue weighted by Crippen LogP contribution is -2.39. The molecule has 0 saturated carbocycles. The molecular formula is C15H19FN2O. The van der Waals surface area contributed by atoms with Gasteiger partial charge in [-0.15, -0.1) is 0 Å². The van der Waals surface area contributed by atoms with E-state index < -0.39 is 0 Å². The van der Waals surface area contributed by atoms with E-state index in [1.807, 2.05) is 4.90 Å². The van der Waals surface area contributed by atoms with Crippen LogP contribution in [-0.2, 0) is 0 Å². The van der Waals surface area contributed by atoms with Crippen molar-refractivity contribution in [1.82, 2.24) is 10.2 Å². The van der Waals surface area contributed by atoms with Crippen LogP contribution in [0.3, 0.4) is 0 Å². The van der Waals surface area contributed by atoms with Crippen molar-refractivity contribution in [3.63, 3.8) is 0 Å². The number of carbonyl (C=O) groups excluding carboxylic acids is 1. The monoisotopic (exact) mass is 262 g/mol. The van der Waals surface area contributed by atoms with Gasteiger partial charge in [0.1, 0.15) is 5.82 Å². The zero-order valence-electron chi connectivity index (χ0n) is 11.0. The van der Waals surface area contributed by atoms with E-state index in [1.165, 1.54) is 12.1 Å². The Hall–Kier alpha value is -1.42. The van der Waals surface area contributed by atoms with Crippen LogP contribution in [0.15, 0.2) is 24.3 Å². The van der Waals surface area contributed by atoms with Gasteiger partial charge in [-0.2, -0.15) is 0 Å². The summed E-state index contributed by atoms with van der Waals surface area (Å²) in [4.78, 5) is 14.3. The number of benzene rings is 1. The van der Waals surface area contributed by atoms with E-state index in [2.05, 4.69) is 5.32 Å². The summed E-state index contributed by atoms with van der Waals surface area (Å²) in [5, 5.41) is 3.37. The van der Waals surface area contributed by atoms with Gasteiger partial charge in [-0.05, 0) is 62.0 Å². The average molecular weight is 262 g/mol. The fourth-order valence-electron chi connectivity index (χ4n) is 3.25. The summed E-state index contributed by atoms with van der Waals surface area (Å²) in [5.74, 6) is -0.261. The maximum absolute atomic E-state index is 12.9. The van der Waals surface area contributed by atoms with Crippen LogP contribution in [0, 0.1) is 11.2 Å². The molecule has 0 atom stereocenters. The van der Waals surface area contributed by atoms with E-state index >= 15 is 0 Å². The summed E-state index contributed by atoms with van der Waals surface area (Å²) in [6.07, 6.45) is 3.40. The third-order valence-electron chi connectivity index (χ3n) is 4.48. The summed E-state index contributed by atoms with van der Waals surface area (Å²) in [6.45, 7) is 3.79. The van der Waals surface area contributed by atoms with Gasteiger partial charge in [-0.1, -0.05) is 0 Å². The predicted molar refractivity (Wildman–Crippen MR) is 71.5 cm³/mol. The van der Waals surface area contributed by atoms with E-state index in [0.717, 1.165) is 45.4 Å². The van der Waals surface area contributed by atoms with Crippen LogP contribution in [0.1, 0.15) is 29.6 Å². The number of hydrogen-bond donors (Lipinski definition) is 1. The number of hydrogen-bond acceptors (Lipinski definition) is 2. The molecule has 19 heavy (non-hydrogen) atoms. The van der Waals surface area contributed by atoms with Crippen LogP contribution in [0.4, 0.5) is 4.39 Å². The van der Waals surface area contributed by atoms with E-state index in [-0.39, 0.29) is 11.7 Å². The van der Waals surface area contributed by atoms with Crippen LogP contribution in [0.2, 0.25) is 0 Å². The molecular weight excluding hydrogens is 243 g/mol. The van der Waals surface area contributed by atoms with Gasteiger partial charge in [0, 0.05) is 18.7 Å². The Morgan fingerprint density at radius 1 is 1.16 bits per heavy atom. The molecule has 1 amide bonds. The first kappa shape index (κ1) is 12.6. The molecule has 2 saturated heterocycles. The molecule has 0 bridgehead atoms. The molecule has 1 aromatic rings. The summed E-state index contributed by atoms with van der Waals surface area (Å²) in [6, 6.07) is 5.85. The molecule has 1 aromatic carbocycles. The van der Waals surface area contributed by atoms with Gasteiger partial charge in [0.25, 0.3) is 5.91 Å². The van der Waals surface area contributed by atoms with Crippen LogP contribution < -0.4 is 5.32 Å². The SMILES string of the molecule is O=C(c1ccc(F)cc1)N1CCC2(CCNCC2)C1. The van der Waals surface area contributed by atoms with Crippen molar-refractivity contribution in [3.05, 3.63) is 35.6 Å². The first-order chi connectivity index (χ1) is 9.19. The van der Waals surface area contributed by atoms with Crippen molar-refractivity contribution in [1.29, 1.82) is 0 Å². The van der Waals surface area contributed by atoms with E-state index in [1.54, 1.807) is 12.1 Å². The normalized spacial score (nSPS) is 21.8. The molecule has 1 N–H and O–H groups in total. The summed E-state index contributed by atoms with van der Waals surface area (Å²) >= 11 is 0. The molecule has 0 radical (unpaired) electrons. The van der Waals surface area contributed by atoms with Gasteiger partial charge in [0.15, 0.2) is 0 Å². The fourth-order valence-corrected chi connectivity index (χ4v) is 3.25. The van der Waals surface area contributed by atoms with Crippen molar-refractivity contribution >= 4 is 5.91 Å². The third kappa shape index (κ3) is 2.50. The van der Waals surface area contributed by atoms with Crippen molar-refractivity contribution in [2.45, 2.75) is 19.3 Å². The molecule has 0 aliphatic carbocycles. The highest BCUT2D eigenvalue weighted by molar-refractivity contribution is 5.94. The lowest BCUT2D eigenvalue weighted by molar-refractivity contribution is 0.0762. The zero-order valence-corrected chi connectivity index (χ0v) is 11.0. The number of nitrogens with zero attached hydrogens (tertiary/aromatic N) is 1. The summed E-state index contributed by atoms with van der Waals surface area (Å²) < 4.78 is 12.9. The predicted octanol–water partition coefficient (Wildman–Crippen LogP) is 2.04. The minimum absolute atomic E-state index is 0.0374. The van der Waals surface area contributed by atoms with Crippen molar-refractivity contribution in [2.24, 2.45) is 5.41 Å². The van der Waals surface area contributed by atoms with Crippen LogP contribution >= 0.6 is 0 Å². The molecule has 2 aliphatic rings. The summed E-state index contributed by atoms with van der Waals surface area (Å²) in [5.41, 5.74) is 0.911. The van der Waals surface area contributed by atoms with E-state index in [0.29, 0.717) is 11.0 Å². The number of rotatable bonds is 1. The van der Waals surface area contributed by atoms with E-state index in [4.69, 9.17) is 0 Å². The molecule has 2 aliphatic heterocycles. The largest absolute Gasteiger partial charge is 0.338 e. The second-order valence-corrected chi connectivity index (χ2v) is 5.73. The number of halogens is 1. The molecule has 2 fully saturated rings. The van der Waals surface area contributed by atoms with Crippen molar-refractivity contribution < 1.29 is 9.18 Å². The molecule has 2 heterocycles. The fraction of sp³-hybridized carbons (Fsp3) is 0.533. The molecule has 0 unspecified atom stereocenters. The molecule has 0 aromatic heterocycles. The third-order valence-corrected chi connectivity index (χ3v) is 4.48. The minimum Gasteiger partial charge on any atom is -0.338 e. The second-order valence-electron chi connectivity index (χ2n) is 5.73. The van der Waals surface area contributed by atoms with Crippen molar-refractivity contribution in [2.75, 3.05) is 26.2 Å². The topological polar surface area (TPSA) is 32.3 Å². The molecule has 1 spiro atoms. The number of carbonyl (C=O) groups is 1. The smallest absolute Gasteiger partial charge is 0.253 e. The maximum Gasteiger partial charge on any atom is 0.253 e. The lowest BCUT2D eigenvalue weighted by atomic mass is 9.78. The van der Waals surface area contributed by atoms with Crippen LogP contribution in [0.25, 0.3) is 0 Å². The Balaban J connectivity index is 1.70. The first-order valence-corrected chi connectivity index (χ1v) is 6.94. The van der Waals surface area contributed by atoms with Gasteiger partial charge in [0.2, 0.25) is 0 Å². The average Bonchev–Trinajstić information content (AvgIpc) is 2.83. The lowest BCUT2D eigenvalue weighted by Gasteiger charge is -2.33. The minimum atomic E-state index is -0.298. The second kappa shape index (κ2) is 4.93. The highest BCUT2D eigenvalue weighted by Gasteiger charge is 2.40. The Morgan fingerprint density at radius 2 is 1.84 bits per heavy atom. The standard InChI is InChI=1S/C15H19FN2O/c16-13-3-1-12(2-4-13)14(19)18-10-7-15(11-18)5-8-17-9-6-15/h1-4,17H,5-11H2. The highest BCUT2D eigenvalue weighted by Crippen LogP contribution is 2.38. The Morgan fingerprint density at radius 3 is 2.53 bits per heavy atom. The Kier molecular flexibility index (Phi) is 3.27. The van der Waals surface area contributed by atoms with Crippen molar-refractivity contribution in [3.8, 4) is 0 Å². The molecule has 4 heteroatoms. The van der Waals surface area contributed by atoms with Gasteiger partial charge < -0.3 is 10.2 Å². The number of nitrogens with one attached hydrogen (secondary N) is 1. The number of piperidine rings is 1.